The first-order valence-electron chi connectivity index (χ1n) is 7.06. The van der Waals surface area contributed by atoms with Gasteiger partial charge in [-0.05, 0) is 31.3 Å². The molecule has 1 unspecified atom stereocenters. The van der Waals surface area contributed by atoms with Crippen LogP contribution in [0.2, 0.25) is 0 Å². The minimum atomic E-state index is 0.0411. The molecule has 0 radical (unpaired) electrons. The summed E-state index contributed by atoms with van der Waals surface area (Å²) in [7, 11) is 2.04. The van der Waals surface area contributed by atoms with Crippen molar-refractivity contribution in [2.75, 3.05) is 13.6 Å². The average Bonchev–Trinajstić information content (AvgIpc) is 2.92. The quantitative estimate of drug-likeness (QED) is 0.781. The highest BCUT2D eigenvalue weighted by Gasteiger charge is 2.20. The predicted octanol–water partition coefficient (Wildman–Crippen LogP) is 2.96. The summed E-state index contributed by atoms with van der Waals surface area (Å²) in [5.41, 5.74) is 7.88. The largest absolute Gasteiger partial charge is 0.459 e. The average molecular weight is 281 g/mol. The van der Waals surface area contributed by atoms with E-state index in [0.717, 1.165) is 29.0 Å². The zero-order chi connectivity index (χ0) is 14.7. The summed E-state index contributed by atoms with van der Waals surface area (Å²) in [4.78, 5) is 6.53. The van der Waals surface area contributed by atoms with Crippen LogP contribution < -0.4 is 5.73 Å². The molecule has 0 saturated carbocycles. The first-order valence-corrected chi connectivity index (χ1v) is 7.06. The van der Waals surface area contributed by atoms with E-state index >= 15 is 0 Å². The second-order valence-corrected chi connectivity index (χ2v) is 5.17. The molecular formula is C17H19N3O. The van der Waals surface area contributed by atoms with Crippen molar-refractivity contribution in [3.63, 3.8) is 0 Å². The second-order valence-electron chi connectivity index (χ2n) is 5.17. The number of furan rings is 1. The summed E-state index contributed by atoms with van der Waals surface area (Å²) in [6.07, 6.45) is 1.81. The molecule has 4 heteroatoms. The van der Waals surface area contributed by atoms with Crippen LogP contribution in [0, 0.1) is 0 Å². The van der Waals surface area contributed by atoms with Crippen LogP contribution in [0.25, 0.3) is 11.0 Å². The molecule has 3 aromatic rings. The molecule has 4 nitrogen and oxygen atoms in total. The van der Waals surface area contributed by atoms with Gasteiger partial charge in [0.05, 0.1) is 11.7 Å². The Kier molecular flexibility index (Phi) is 3.99. The maximum Gasteiger partial charge on any atom is 0.134 e. The van der Waals surface area contributed by atoms with Gasteiger partial charge in [-0.15, -0.1) is 0 Å². The first-order chi connectivity index (χ1) is 10.3. The van der Waals surface area contributed by atoms with Gasteiger partial charge in [0.2, 0.25) is 0 Å². The highest BCUT2D eigenvalue weighted by Crippen LogP contribution is 2.27. The van der Waals surface area contributed by atoms with Crippen LogP contribution in [0.4, 0.5) is 0 Å². The molecule has 0 fully saturated rings. The van der Waals surface area contributed by atoms with Crippen molar-refractivity contribution < 1.29 is 4.42 Å². The summed E-state index contributed by atoms with van der Waals surface area (Å²) < 4.78 is 5.94. The summed E-state index contributed by atoms with van der Waals surface area (Å²) in [5, 5.41) is 1.11. The first kappa shape index (κ1) is 13.8. The number of nitrogens with two attached hydrogens (primary N) is 1. The van der Waals surface area contributed by atoms with Crippen molar-refractivity contribution in [2.45, 2.75) is 12.6 Å². The molecule has 0 aliphatic rings. The van der Waals surface area contributed by atoms with Crippen LogP contribution in [0.5, 0.6) is 0 Å². The van der Waals surface area contributed by atoms with Gasteiger partial charge < -0.3 is 10.2 Å². The predicted molar refractivity (Wildman–Crippen MR) is 83.7 cm³/mol. The van der Waals surface area contributed by atoms with E-state index in [9.17, 15) is 0 Å². The molecule has 1 aromatic carbocycles. The fourth-order valence-electron chi connectivity index (χ4n) is 2.54. The van der Waals surface area contributed by atoms with Gasteiger partial charge in [-0.1, -0.05) is 24.3 Å². The lowest BCUT2D eigenvalue weighted by molar-refractivity contribution is 0.213. The number of benzene rings is 1. The van der Waals surface area contributed by atoms with Crippen LogP contribution >= 0.6 is 0 Å². The van der Waals surface area contributed by atoms with Crippen molar-refractivity contribution >= 4 is 11.0 Å². The minimum absolute atomic E-state index is 0.0411. The van der Waals surface area contributed by atoms with Crippen LogP contribution in [-0.4, -0.2) is 23.5 Å². The zero-order valence-electron chi connectivity index (χ0n) is 12.1. The Hall–Kier alpha value is -2.17. The molecule has 0 amide bonds. The standard InChI is InChI=1S/C17H19N3O/c1-20(12-14-7-4-5-9-19-14)15(11-18)17-10-13-6-2-3-8-16(13)21-17/h2-10,15H,11-12,18H2,1H3. The topological polar surface area (TPSA) is 55.3 Å². The summed E-state index contributed by atoms with van der Waals surface area (Å²) >= 11 is 0. The number of pyridine rings is 1. The Labute approximate surface area is 124 Å². The van der Waals surface area contributed by atoms with Gasteiger partial charge >= 0.3 is 0 Å². The number of aromatic nitrogens is 1. The Balaban J connectivity index is 1.83. The number of nitrogens with zero attached hydrogens (tertiary/aromatic N) is 2. The molecule has 3 rings (SSSR count). The van der Waals surface area contributed by atoms with E-state index in [-0.39, 0.29) is 6.04 Å². The van der Waals surface area contributed by atoms with Gasteiger partial charge in [-0.2, -0.15) is 0 Å². The lowest BCUT2D eigenvalue weighted by Gasteiger charge is -2.24. The molecule has 0 aliphatic heterocycles. The van der Waals surface area contributed by atoms with Gasteiger partial charge in [0.25, 0.3) is 0 Å². The SMILES string of the molecule is CN(Cc1ccccn1)C(CN)c1cc2ccccc2o1. The molecule has 0 saturated heterocycles. The van der Waals surface area contributed by atoms with Crippen LogP contribution in [0.15, 0.2) is 59.1 Å². The molecule has 2 heterocycles. The third-order valence-electron chi connectivity index (χ3n) is 3.67. The summed E-state index contributed by atoms with van der Waals surface area (Å²) in [5.74, 6) is 0.900. The lowest BCUT2D eigenvalue weighted by atomic mass is 10.1. The fourth-order valence-corrected chi connectivity index (χ4v) is 2.54. The van der Waals surface area contributed by atoms with Gasteiger partial charge in [0.15, 0.2) is 0 Å². The molecular weight excluding hydrogens is 262 g/mol. The molecule has 2 aromatic heterocycles. The smallest absolute Gasteiger partial charge is 0.134 e. The molecule has 0 spiro atoms. The molecule has 108 valence electrons. The van der Waals surface area contributed by atoms with Gasteiger partial charge in [0.1, 0.15) is 11.3 Å². The normalized spacial score (nSPS) is 12.9. The van der Waals surface area contributed by atoms with E-state index < -0.39 is 0 Å². The Morgan fingerprint density at radius 1 is 1.19 bits per heavy atom. The van der Waals surface area contributed by atoms with Crippen molar-refractivity contribution in [1.29, 1.82) is 0 Å². The number of likely N-dealkylation sites (N-methyl/N-ethyl adjacent to an activating group) is 1. The summed E-state index contributed by atoms with van der Waals surface area (Å²) in [6.45, 7) is 1.24. The van der Waals surface area contributed by atoms with Crippen molar-refractivity contribution in [2.24, 2.45) is 5.73 Å². The zero-order valence-corrected chi connectivity index (χ0v) is 12.1. The summed E-state index contributed by atoms with van der Waals surface area (Å²) in [6, 6.07) is 16.1. The molecule has 2 N–H and O–H groups in total. The maximum atomic E-state index is 5.96. The van der Waals surface area contributed by atoms with Gasteiger partial charge in [0, 0.05) is 24.7 Å². The van der Waals surface area contributed by atoms with Crippen molar-refractivity contribution in [3.8, 4) is 0 Å². The molecule has 0 bridgehead atoms. The van der Waals surface area contributed by atoms with Crippen LogP contribution in [0.1, 0.15) is 17.5 Å². The Morgan fingerprint density at radius 2 is 2.00 bits per heavy atom. The third kappa shape index (κ3) is 2.96. The van der Waals surface area contributed by atoms with Crippen LogP contribution in [0.3, 0.4) is 0 Å². The number of fused-ring (bicyclic) bond motifs is 1. The number of hydrogen-bond donors (Lipinski definition) is 1. The number of rotatable bonds is 5. The van der Waals surface area contributed by atoms with E-state index in [1.807, 2.05) is 49.6 Å². The monoisotopic (exact) mass is 281 g/mol. The van der Waals surface area contributed by atoms with E-state index in [1.165, 1.54) is 0 Å². The van der Waals surface area contributed by atoms with E-state index in [2.05, 4.69) is 22.0 Å². The highest BCUT2D eigenvalue weighted by molar-refractivity contribution is 5.77. The highest BCUT2D eigenvalue weighted by atomic mass is 16.3. The Morgan fingerprint density at radius 3 is 2.71 bits per heavy atom. The number of para-hydroxylation sites is 1. The third-order valence-corrected chi connectivity index (χ3v) is 3.67. The molecule has 0 aliphatic carbocycles. The molecule has 1 atom stereocenters. The minimum Gasteiger partial charge on any atom is -0.459 e. The van der Waals surface area contributed by atoms with Crippen LogP contribution in [-0.2, 0) is 6.54 Å². The fraction of sp³-hybridized carbons (Fsp3) is 0.235. The van der Waals surface area contributed by atoms with E-state index in [4.69, 9.17) is 10.2 Å². The van der Waals surface area contributed by atoms with Gasteiger partial charge in [-0.3, -0.25) is 9.88 Å². The van der Waals surface area contributed by atoms with Crippen molar-refractivity contribution in [3.05, 3.63) is 66.2 Å². The molecule has 21 heavy (non-hydrogen) atoms. The number of hydrogen-bond acceptors (Lipinski definition) is 4. The Bertz CT molecular complexity index is 675. The second kappa shape index (κ2) is 6.08. The maximum absolute atomic E-state index is 5.96. The van der Waals surface area contributed by atoms with E-state index in [0.29, 0.717) is 6.54 Å². The van der Waals surface area contributed by atoms with Gasteiger partial charge in [-0.25, -0.2) is 0 Å². The lowest BCUT2D eigenvalue weighted by Crippen LogP contribution is -2.30. The van der Waals surface area contributed by atoms with E-state index in [1.54, 1.807) is 0 Å². The van der Waals surface area contributed by atoms with Crippen molar-refractivity contribution in [1.82, 2.24) is 9.88 Å².